The quantitative estimate of drug-likeness (QED) is 0.552. The van der Waals surface area contributed by atoms with Crippen LogP contribution in [0.1, 0.15) is 50.2 Å². The van der Waals surface area contributed by atoms with E-state index in [1.165, 1.54) is 18.5 Å². The zero-order chi connectivity index (χ0) is 24.1. The summed E-state index contributed by atoms with van der Waals surface area (Å²) in [5, 5.41) is 6.06. The Bertz CT molecular complexity index is 992. The third-order valence-corrected chi connectivity index (χ3v) is 7.00. The van der Waals surface area contributed by atoms with Gasteiger partial charge in [-0.2, -0.15) is 0 Å². The molecule has 0 unspecified atom stereocenters. The number of aryl methyl sites for hydroxylation is 2. The van der Waals surface area contributed by atoms with Gasteiger partial charge >= 0.3 is 0 Å². The first-order valence-electron chi connectivity index (χ1n) is 12.6. The summed E-state index contributed by atoms with van der Waals surface area (Å²) >= 11 is 0. The molecule has 6 heteroatoms. The summed E-state index contributed by atoms with van der Waals surface area (Å²) in [5.41, 5.74) is 5.08. The van der Waals surface area contributed by atoms with Crippen molar-refractivity contribution in [3.8, 4) is 0 Å². The molecule has 0 spiro atoms. The topological polar surface area (TPSA) is 64.7 Å². The van der Waals surface area contributed by atoms with Gasteiger partial charge in [-0.05, 0) is 86.9 Å². The molecule has 2 fully saturated rings. The van der Waals surface area contributed by atoms with Gasteiger partial charge in [0.25, 0.3) is 0 Å². The summed E-state index contributed by atoms with van der Waals surface area (Å²) in [6.07, 6.45) is 5.03. The fourth-order valence-corrected chi connectivity index (χ4v) is 4.57. The number of anilines is 3. The lowest BCUT2D eigenvalue weighted by Gasteiger charge is -2.32. The van der Waals surface area contributed by atoms with Crippen LogP contribution >= 0.6 is 0 Å². The normalized spacial score (nSPS) is 16.5. The van der Waals surface area contributed by atoms with Crippen LogP contribution in [0.5, 0.6) is 0 Å². The molecule has 182 valence electrons. The van der Waals surface area contributed by atoms with Crippen molar-refractivity contribution in [1.29, 1.82) is 0 Å². The number of nitrogens with zero attached hydrogens (tertiary/aromatic N) is 2. The highest BCUT2D eigenvalue weighted by Crippen LogP contribution is 2.27. The molecular weight excluding hydrogens is 424 g/mol. The number of hydrogen-bond acceptors (Lipinski definition) is 4. The van der Waals surface area contributed by atoms with Crippen LogP contribution in [0.2, 0.25) is 0 Å². The maximum absolute atomic E-state index is 12.7. The number of hydrogen-bond donors (Lipinski definition) is 2. The second-order valence-electron chi connectivity index (χ2n) is 10.1. The first kappa shape index (κ1) is 24.3. The van der Waals surface area contributed by atoms with E-state index in [2.05, 4.69) is 39.5 Å². The number of rotatable bonds is 9. The second kappa shape index (κ2) is 11.0. The van der Waals surface area contributed by atoms with Crippen LogP contribution in [0, 0.1) is 19.8 Å². The minimum Gasteiger partial charge on any atom is -0.372 e. The summed E-state index contributed by atoms with van der Waals surface area (Å²) in [6.45, 7) is 9.43. The first-order valence-corrected chi connectivity index (χ1v) is 12.6. The van der Waals surface area contributed by atoms with Crippen molar-refractivity contribution in [2.75, 3.05) is 41.7 Å². The molecular formula is C28H38N4O2. The zero-order valence-corrected chi connectivity index (χ0v) is 20.8. The van der Waals surface area contributed by atoms with Crippen molar-refractivity contribution >= 4 is 28.9 Å². The average Bonchev–Trinajstić information content (AvgIpc) is 3.66. The van der Waals surface area contributed by atoms with Gasteiger partial charge in [0.1, 0.15) is 0 Å². The minimum absolute atomic E-state index is 0.0138. The molecule has 2 amide bonds. The molecule has 2 N–H and O–H groups in total. The second-order valence-corrected chi connectivity index (χ2v) is 10.1. The van der Waals surface area contributed by atoms with E-state index in [0.717, 1.165) is 54.4 Å². The Morgan fingerprint density at radius 3 is 2.32 bits per heavy atom. The lowest BCUT2D eigenvalue weighted by atomic mass is 9.99. The number of benzene rings is 2. The smallest absolute Gasteiger partial charge is 0.238 e. The molecule has 2 aromatic rings. The summed E-state index contributed by atoms with van der Waals surface area (Å²) in [6, 6.07) is 14.6. The van der Waals surface area contributed by atoms with Crippen LogP contribution in [0.15, 0.2) is 42.5 Å². The summed E-state index contributed by atoms with van der Waals surface area (Å²) in [4.78, 5) is 29.8. The molecule has 34 heavy (non-hydrogen) atoms. The third kappa shape index (κ3) is 6.83. The average molecular weight is 463 g/mol. The molecule has 4 rings (SSSR count). The fourth-order valence-electron chi connectivity index (χ4n) is 4.57. The van der Waals surface area contributed by atoms with Crippen LogP contribution in [0.3, 0.4) is 0 Å². The zero-order valence-electron chi connectivity index (χ0n) is 20.8. The van der Waals surface area contributed by atoms with E-state index in [1.54, 1.807) is 0 Å². The Labute approximate surface area is 203 Å². The summed E-state index contributed by atoms with van der Waals surface area (Å²) in [5.74, 6) is 0.770. The molecule has 0 radical (unpaired) electrons. The Hall–Kier alpha value is -2.86. The van der Waals surface area contributed by atoms with Gasteiger partial charge in [-0.1, -0.05) is 19.1 Å². The van der Waals surface area contributed by atoms with E-state index < -0.39 is 0 Å². The van der Waals surface area contributed by atoms with Gasteiger partial charge in [-0.3, -0.25) is 14.5 Å². The maximum Gasteiger partial charge on any atom is 0.238 e. The van der Waals surface area contributed by atoms with E-state index in [1.807, 2.05) is 44.2 Å². The van der Waals surface area contributed by atoms with Gasteiger partial charge in [0.15, 0.2) is 0 Å². The van der Waals surface area contributed by atoms with Gasteiger partial charge in [-0.15, -0.1) is 0 Å². The number of carbonyl (C=O) groups is 2. The number of amides is 2. The molecule has 2 aromatic carbocycles. The predicted octanol–water partition coefficient (Wildman–Crippen LogP) is 4.97. The Balaban J connectivity index is 1.24. The number of nitrogens with one attached hydrogen (secondary N) is 2. The minimum atomic E-state index is -0.0243. The molecule has 0 bridgehead atoms. The predicted molar refractivity (Wildman–Crippen MR) is 139 cm³/mol. The van der Waals surface area contributed by atoms with Crippen molar-refractivity contribution in [3.05, 3.63) is 53.6 Å². The molecule has 1 heterocycles. The van der Waals surface area contributed by atoms with Crippen LogP contribution in [-0.4, -0.2) is 48.9 Å². The van der Waals surface area contributed by atoms with Gasteiger partial charge in [-0.25, -0.2) is 0 Å². The van der Waals surface area contributed by atoms with Crippen LogP contribution in [0.25, 0.3) is 0 Å². The molecule has 6 nitrogen and oxygen atoms in total. The van der Waals surface area contributed by atoms with E-state index in [4.69, 9.17) is 0 Å². The lowest BCUT2D eigenvalue weighted by Crippen LogP contribution is -2.37. The monoisotopic (exact) mass is 462 g/mol. The molecule has 2 aliphatic rings. The molecule has 1 aliphatic carbocycles. The summed E-state index contributed by atoms with van der Waals surface area (Å²) < 4.78 is 0. The largest absolute Gasteiger partial charge is 0.372 e. The number of piperidine rings is 1. The van der Waals surface area contributed by atoms with Crippen molar-refractivity contribution in [1.82, 2.24) is 4.90 Å². The Morgan fingerprint density at radius 1 is 0.941 bits per heavy atom. The molecule has 0 aromatic heterocycles. The Morgan fingerprint density at radius 2 is 1.65 bits per heavy atom. The molecule has 1 aliphatic heterocycles. The van der Waals surface area contributed by atoms with E-state index in [-0.39, 0.29) is 11.8 Å². The highest BCUT2D eigenvalue weighted by molar-refractivity contribution is 5.93. The van der Waals surface area contributed by atoms with Gasteiger partial charge in [0.2, 0.25) is 11.8 Å². The van der Waals surface area contributed by atoms with Crippen molar-refractivity contribution < 1.29 is 9.59 Å². The molecule has 1 saturated carbocycles. The maximum atomic E-state index is 12.7. The van der Waals surface area contributed by atoms with Crippen LogP contribution < -0.4 is 15.5 Å². The first-order chi connectivity index (χ1) is 16.4. The molecule has 0 atom stereocenters. The van der Waals surface area contributed by atoms with Gasteiger partial charge in [0.05, 0.1) is 6.54 Å². The highest BCUT2D eigenvalue weighted by atomic mass is 16.2. The van der Waals surface area contributed by atoms with E-state index in [0.29, 0.717) is 25.6 Å². The fraction of sp³-hybridized carbons (Fsp3) is 0.500. The van der Waals surface area contributed by atoms with Crippen LogP contribution in [0.4, 0.5) is 17.1 Å². The van der Waals surface area contributed by atoms with Crippen molar-refractivity contribution in [3.63, 3.8) is 0 Å². The highest BCUT2D eigenvalue weighted by Gasteiger charge is 2.30. The van der Waals surface area contributed by atoms with Gasteiger partial charge in [0, 0.05) is 49.2 Å². The van der Waals surface area contributed by atoms with E-state index >= 15 is 0 Å². The Kier molecular flexibility index (Phi) is 7.88. The summed E-state index contributed by atoms with van der Waals surface area (Å²) in [7, 11) is 0. The lowest BCUT2D eigenvalue weighted by molar-refractivity contribution is -0.119. The SMILES string of the molecule is Cc1ccc(C)c(NC(=O)CN(CCC(=O)Nc2ccc(N3CCC(C)CC3)cc2)C2CC2)c1. The molecule has 1 saturated heterocycles. The standard InChI is InChI=1S/C28H38N4O2/c1-20-12-15-31(16-13-20)24-8-6-23(7-9-24)29-27(33)14-17-32(25-10-11-25)19-28(34)30-26-18-21(2)4-5-22(26)3/h4-9,18,20,25H,10-17,19H2,1-3H3,(H,29,33)(H,30,34). The number of carbonyl (C=O) groups excluding carboxylic acids is 2. The van der Waals surface area contributed by atoms with Crippen molar-refractivity contribution in [2.45, 2.75) is 58.9 Å². The van der Waals surface area contributed by atoms with Crippen molar-refractivity contribution in [2.24, 2.45) is 5.92 Å². The van der Waals surface area contributed by atoms with E-state index in [9.17, 15) is 9.59 Å². The van der Waals surface area contributed by atoms with Gasteiger partial charge < -0.3 is 15.5 Å². The third-order valence-electron chi connectivity index (χ3n) is 7.00. The van der Waals surface area contributed by atoms with Crippen LogP contribution in [-0.2, 0) is 9.59 Å².